The van der Waals surface area contributed by atoms with Crippen LogP contribution in [0.5, 0.6) is 0 Å². The summed E-state index contributed by atoms with van der Waals surface area (Å²) in [7, 11) is 0. The number of ether oxygens (including phenoxy) is 1. The van der Waals surface area contributed by atoms with Crippen molar-refractivity contribution >= 4 is 11.7 Å². The summed E-state index contributed by atoms with van der Waals surface area (Å²) in [5.74, 6) is -6.68. The second-order valence-corrected chi connectivity index (χ2v) is 5.11. The molecule has 0 spiro atoms. The third-order valence-electron chi connectivity index (χ3n) is 2.16. The molecule has 3 nitrogen and oxygen atoms in total. The fourth-order valence-corrected chi connectivity index (χ4v) is 1.41. The van der Waals surface area contributed by atoms with Gasteiger partial charge in [-0.2, -0.15) is 0 Å². The molecule has 1 N–H and O–H groups in total. The van der Waals surface area contributed by atoms with Crippen LogP contribution in [0.4, 0.5) is 23.2 Å². The number of esters is 1. The Kier molecular flexibility index (Phi) is 4.97. The first-order valence-electron chi connectivity index (χ1n) is 5.90. The fourth-order valence-electron chi connectivity index (χ4n) is 1.41. The summed E-state index contributed by atoms with van der Waals surface area (Å²) < 4.78 is 57.4. The lowest BCUT2D eigenvalue weighted by Gasteiger charge is -2.19. The molecule has 0 aliphatic heterocycles. The second-order valence-electron chi connectivity index (χ2n) is 5.11. The van der Waals surface area contributed by atoms with Gasteiger partial charge in [0.1, 0.15) is 11.3 Å². The highest BCUT2D eigenvalue weighted by Gasteiger charge is 2.20. The Morgan fingerprint density at radius 1 is 1.15 bits per heavy atom. The molecule has 1 aromatic rings. The zero-order chi connectivity index (χ0) is 15.5. The van der Waals surface area contributed by atoms with E-state index in [1.54, 1.807) is 20.8 Å². The molecule has 0 aliphatic carbocycles. The van der Waals surface area contributed by atoms with Crippen molar-refractivity contribution in [2.24, 2.45) is 0 Å². The molecule has 0 unspecified atom stereocenters. The van der Waals surface area contributed by atoms with Gasteiger partial charge in [0.05, 0.1) is 6.42 Å². The minimum Gasteiger partial charge on any atom is -0.460 e. The van der Waals surface area contributed by atoms with E-state index in [1.165, 1.54) is 0 Å². The molecule has 112 valence electrons. The third-order valence-corrected chi connectivity index (χ3v) is 2.16. The van der Waals surface area contributed by atoms with Crippen LogP contribution in [-0.4, -0.2) is 18.1 Å². The lowest BCUT2D eigenvalue weighted by molar-refractivity contribution is -0.154. The predicted octanol–water partition coefficient (Wildman–Crippen LogP) is 3.39. The Bertz CT molecular complexity index is 486. The SMILES string of the molecule is CC(C)(C)OC(=O)CCNc1c(F)c(F)cc(F)c1F. The van der Waals surface area contributed by atoms with Crippen molar-refractivity contribution in [3.63, 3.8) is 0 Å². The van der Waals surface area contributed by atoms with Gasteiger partial charge in [0.25, 0.3) is 0 Å². The second kappa shape index (κ2) is 6.11. The number of nitrogens with one attached hydrogen (secondary N) is 1. The third kappa shape index (κ3) is 4.40. The summed E-state index contributed by atoms with van der Waals surface area (Å²) in [6, 6.07) is 0.115. The molecule has 1 rings (SSSR count). The van der Waals surface area contributed by atoms with Crippen molar-refractivity contribution in [2.45, 2.75) is 32.8 Å². The number of hydrogen-bond donors (Lipinski definition) is 1. The molecule has 0 saturated carbocycles. The van der Waals surface area contributed by atoms with Crippen LogP contribution in [0, 0.1) is 23.3 Å². The zero-order valence-electron chi connectivity index (χ0n) is 11.3. The van der Waals surface area contributed by atoms with E-state index in [2.05, 4.69) is 5.32 Å². The first kappa shape index (κ1) is 16.3. The van der Waals surface area contributed by atoms with Crippen molar-refractivity contribution in [3.8, 4) is 0 Å². The first-order valence-corrected chi connectivity index (χ1v) is 5.90. The van der Waals surface area contributed by atoms with Crippen molar-refractivity contribution in [1.82, 2.24) is 0 Å². The summed E-state index contributed by atoms with van der Waals surface area (Å²) in [5, 5.41) is 2.15. The van der Waals surface area contributed by atoms with Gasteiger partial charge < -0.3 is 10.1 Å². The average molecular weight is 293 g/mol. The number of benzene rings is 1. The van der Waals surface area contributed by atoms with Crippen LogP contribution in [0.3, 0.4) is 0 Å². The molecule has 0 fully saturated rings. The molecule has 0 radical (unpaired) electrons. The zero-order valence-corrected chi connectivity index (χ0v) is 11.3. The quantitative estimate of drug-likeness (QED) is 0.525. The van der Waals surface area contributed by atoms with E-state index in [-0.39, 0.29) is 19.0 Å². The van der Waals surface area contributed by atoms with Gasteiger partial charge in [0.2, 0.25) is 0 Å². The van der Waals surface area contributed by atoms with E-state index in [1.807, 2.05) is 0 Å². The topological polar surface area (TPSA) is 38.3 Å². The molecule has 0 aliphatic rings. The van der Waals surface area contributed by atoms with Gasteiger partial charge in [-0.05, 0) is 20.8 Å². The molecule has 0 amide bonds. The minimum absolute atomic E-state index is 0.115. The van der Waals surface area contributed by atoms with E-state index in [0.29, 0.717) is 0 Å². The molecule has 0 saturated heterocycles. The van der Waals surface area contributed by atoms with Crippen LogP contribution in [-0.2, 0) is 9.53 Å². The highest BCUT2D eigenvalue weighted by Crippen LogP contribution is 2.24. The van der Waals surface area contributed by atoms with Gasteiger partial charge in [0.15, 0.2) is 23.3 Å². The monoisotopic (exact) mass is 293 g/mol. The Hall–Kier alpha value is -1.79. The molecule has 7 heteroatoms. The Balaban J connectivity index is 2.66. The number of anilines is 1. The van der Waals surface area contributed by atoms with E-state index in [4.69, 9.17) is 4.74 Å². The molecule has 0 aromatic heterocycles. The minimum atomic E-state index is -1.53. The maximum absolute atomic E-state index is 13.3. The van der Waals surface area contributed by atoms with E-state index >= 15 is 0 Å². The van der Waals surface area contributed by atoms with Crippen LogP contribution >= 0.6 is 0 Å². The summed E-state index contributed by atoms with van der Waals surface area (Å²) in [4.78, 5) is 11.4. The summed E-state index contributed by atoms with van der Waals surface area (Å²) >= 11 is 0. The normalized spacial score (nSPS) is 11.3. The number of halogens is 4. The van der Waals surface area contributed by atoms with E-state index in [0.717, 1.165) is 0 Å². The molecule has 20 heavy (non-hydrogen) atoms. The summed E-state index contributed by atoms with van der Waals surface area (Å²) in [5.41, 5.74) is -1.62. The molecule has 1 aromatic carbocycles. The van der Waals surface area contributed by atoms with Gasteiger partial charge in [-0.1, -0.05) is 0 Å². The lowest BCUT2D eigenvalue weighted by Crippen LogP contribution is -2.25. The molecule has 0 heterocycles. The van der Waals surface area contributed by atoms with Crippen molar-refractivity contribution < 1.29 is 27.1 Å². The molecule has 0 atom stereocenters. The van der Waals surface area contributed by atoms with Gasteiger partial charge in [0, 0.05) is 12.6 Å². The van der Waals surface area contributed by atoms with Crippen molar-refractivity contribution in [1.29, 1.82) is 0 Å². The highest BCUT2D eigenvalue weighted by atomic mass is 19.2. The van der Waals surface area contributed by atoms with E-state index in [9.17, 15) is 22.4 Å². The van der Waals surface area contributed by atoms with Gasteiger partial charge in [-0.3, -0.25) is 4.79 Å². The number of carbonyl (C=O) groups is 1. The lowest BCUT2D eigenvalue weighted by atomic mass is 10.2. The number of hydrogen-bond acceptors (Lipinski definition) is 3. The van der Waals surface area contributed by atoms with Crippen molar-refractivity contribution in [2.75, 3.05) is 11.9 Å². The van der Waals surface area contributed by atoms with Crippen molar-refractivity contribution in [3.05, 3.63) is 29.3 Å². The maximum Gasteiger partial charge on any atom is 0.308 e. The molecule has 0 bridgehead atoms. The summed E-state index contributed by atoms with van der Waals surface area (Å²) in [6.45, 7) is 4.78. The van der Waals surface area contributed by atoms with E-state index < -0.39 is 40.5 Å². The smallest absolute Gasteiger partial charge is 0.308 e. The van der Waals surface area contributed by atoms with Gasteiger partial charge in [-0.25, -0.2) is 17.6 Å². The molecular weight excluding hydrogens is 278 g/mol. The maximum atomic E-state index is 13.3. The van der Waals surface area contributed by atoms with Crippen LogP contribution in [0.25, 0.3) is 0 Å². The Morgan fingerprint density at radius 2 is 1.65 bits per heavy atom. The van der Waals surface area contributed by atoms with Crippen LogP contribution in [0.2, 0.25) is 0 Å². The number of rotatable bonds is 4. The van der Waals surface area contributed by atoms with Crippen LogP contribution < -0.4 is 5.32 Å². The van der Waals surface area contributed by atoms with Crippen LogP contribution in [0.15, 0.2) is 6.07 Å². The molecular formula is C13H15F4NO2. The highest BCUT2D eigenvalue weighted by molar-refractivity contribution is 5.70. The largest absolute Gasteiger partial charge is 0.460 e. The number of carbonyl (C=O) groups excluding carboxylic acids is 1. The fraction of sp³-hybridized carbons (Fsp3) is 0.462. The van der Waals surface area contributed by atoms with Crippen LogP contribution in [0.1, 0.15) is 27.2 Å². The Morgan fingerprint density at radius 3 is 2.10 bits per heavy atom. The standard InChI is InChI=1S/C13H15F4NO2/c1-13(2,3)20-9(19)4-5-18-12-10(16)7(14)6-8(15)11(12)17/h6,18H,4-5H2,1-3H3. The summed E-state index contributed by atoms with van der Waals surface area (Å²) in [6.07, 6.45) is -0.200. The van der Waals surface area contributed by atoms with Gasteiger partial charge in [-0.15, -0.1) is 0 Å². The first-order chi connectivity index (χ1) is 9.11. The average Bonchev–Trinajstić information content (AvgIpc) is 2.29. The van der Waals surface area contributed by atoms with Gasteiger partial charge >= 0.3 is 5.97 Å². The Labute approximate surface area is 113 Å². The predicted molar refractivity (Wildman–Crippen MR) is 65.2 cm³/mol.